The summed E-state index contributed by atoms with van der Waals surface area (Å²) in [7, 11) is 0. The van der Waals surface area contributed by atoms with E-state index in [-0.39, 0.29) is 18.0 Å². The van der Waals surface area contributed by atoms with Gasteiger partial charge in [-0.05, 0) is 55.4 Å². The zero-order chi connectivity index (χ0) is 17.1. The Bertz CT molecular complexity index is 537. The van der Waals surface area contributed by atoms with Gasteiger partial charge in [-0.2, -0.15) is 0 Å². The average Bonchev–Trinajstić information content (AvgIpc) is 3.49. The molecule has 0 bridgehead atoms. The zero-order valence-corrected chi connectivity index (χ0v) is 15.4. The van der Waals surface area contributed by atoms with Crippen molar-refractivity contribution < 1.29 is 9.53 Å². The lowest BCUT2D eigenvalue weighted by atomic mass is 9.75. The lowest BCUT2D eigenvalue weighted by molar-refractivity contribution is -0.159. The van der Waals surface area contributed by atoms with Crippen LogP contribution in [0.4, 0.5) is 0 Å². The maximum atomic E-state index is 12.9. The summed E-state index contributed by atoms with van der Waals surface area (Å²) in [5.74, 6) is 1.84. The second-order valence-electron chi connectivity index (χ2n) is 8.56. The van der Waals surface area contributed by atoms with Crippen LogP contribution in [0.5, 0.6) is 0 Å². The lowest BCUT2D eigenvalue weighted by Crippen LogP contribution is -2.37. The first-order chi connectivity index (χ1) is 12.3. The maximum Gasteiger partial charge on any atom is 0.309 e. The van der Waals surface area contributed by atoms with Gasteiger partial charge in [0.1, 0.15) is 6.10 Å². The molecule has 3 aliphatic carbocycles. The minimum Gasteiger partial charge on any atom is -0.462 e. The molecule has 0 radical (unpaired) electrons. The van der Waals surface area contributed by atoms with E-state index in [1.54, 1.807) is 0 Å². The second kappa shape index (κ2) is 7.93. The molecule has 0 aromatic heterocycles. The first-order valence-corrected chi connectivity index (χ1v) is 10.6. The van der Waals surface area contributed by atoms with Crippen LogP contribution < -0.4 is 0 Å². The Morgan fingerprint density at radius 2 is 1.40 bits per heavy atom. The van der Waals surface area contributed by atoms with Crippen LogP contribution in [0.2, 0.25) is 0 Å². The number of hydrogen-bond acceptors (Lipinski definition) is 2. The van der Waals surface area contributed by atoms with Gasteiger partial charge in [-0.15, -0.1) is 0 Å². The molecule has 0 aliphatic heterocycles. The highest BCUT2D eigenvalue weighted by Gasteiger charge is 2.47. The van der Waals surface area contributed by atoms with E-state index in [9.17, 15) is 4.79 Å². The minimum atomic E-state index is 0.0926. The van der Waals surface area contributed by atoms with Crippen molar-refractivity contribution in [2.75, 3.05) is 0 Å². The maximum absolute atomic E-state index is 12.9. The van der Waals surface area contributed by atoms with Crippen molar-refractivity contribution >= 4 is 5.97 Å². The molecule has 2 heteroatoms. The van der Waals surface area contributed by atoms with E-state index in [0.29, 0.717) is 17.8 Å². The molecule has 0 heterocycles. The number of ether oxygens (including phenoxy) is 1. The third-order valence-corrected chi connectivity index (χ3v) is 6.80. The summed E-state index contributed by atoms with van der Waals surface area (Å²) in [6, 6.07) is 10.5. The van der Waals surface area contributed by atoms with Crippen LogP contribution in [0.25, 0.3) is 0 Å². The number of carbonyl (C=O) groups is 1. The predicted molar refractivity (Wildman–Crippen MR) is 100 cm³/mol. The highest BCUT2D eigenvalue weighted by Crippen LogP contribution is 2.49. The SMILES string of the molecule is O=C(OC(C1CCCCC1)C1CCCCC1)C1CC1c1ccccc1. The summed E-state index contributed by atoms with van der Waals surface area (Å²) in [5, 5.41) is 0. The van der Waals surface area contributed by atoms with Gasteiger partial charge in [0.25, 0.3) is 0 Å². The van der Waals surface area contributed by atoms with Gasteiger partial charge in [0, 0.05) is 0 Å². The van der Waals surface area contributed by atoms with Crippen molar-refractivity contribution in [1.82, 2.24) is 0 Å². The van der Waals surface area contributed by atoms with Crippen molar-refractivity contribution in [1.29, 1.82) is 0 Å². The first kappa shape index (κ1) is 17.1. The van der Waals surface area contributed by atoms with Gasteiger partial charge >= 0.3 is 5.97 Å². The molecule has 2 nitrogen and oxygen atoms in total. The molecule has 1 aromatic carbocycles. The Balaban J connectivity index is 1.40. The van der Waals surface area contributed by atoms with Crippen LogP contribution in [0.15, 0.2) is 30.3 Å². The molecule has 0 saturated heterocycles. The van der Waals surface area contributed by atoms with Crippen LogP contribution in [0.1, 0.15) is 82.1 Å². The fraction of sp³-hybridized carbons (Fsp3) is 0.696. The molecule has 2 atom stereocenters. The summed E-state index contributed by atoms with van der Waals surface area (Å²) in [5.41, 5.74) is 1.30. The average molecular weight is 341 g/mol. The first-order valence-electron chi connectivity index (χ1n) is 10.6. The lowest BCUT2D eigenvalue weighted by Gasteiger charge is -2.37. The van der Waals surface area contributed by atoms with Crippen molar-refractivity contribution in [3.63, 3.8) is 0 Å². The van der Waals surface area contributed by atoms with E-state index in [4.69, 9.17) is 4.74 Å². The van der Waals surface area contributed by atoms with Crippen molar-refractivity contribution in [2.45, 2.75) is 82.7 Å². The summed E-state index contributed by atoms with van der Waals surface area (Å²) in [4.78, 5) is 12.9. The number of hydrogen-bond donors (Lipinski definition) is 0. The second-order valence-corrected chi connectivity index (χ2v) is 8.56. The Morgan fingerprint density at radius 1 is 0.840 bits per heavy atom. The molecule has 0 N–H and O–H groups in total. The van der Waals surface area contributed by atoms with Gasteiger partial charge in [0.05, 0.1) is 5.92 Å². The predicted octanol–water partition coefficient (Wildman–Crippen LogP) is 5.86. The number of esters is 1. The van der Waals surface area contributed by atoms with Gasteiger partial charge < -0.3 is 4.74 Å². The van der Waals surface area contributed by atoms with E-state index in [2.05, 4.69) is 24.3 Å². The zero-order valence-electron chi connectivity index (χ0n) is 15.4. The van der Waals surface area contributed by atoms with Crippen LogP contribution >= 0.6 is 0 Å². The van der Waals surface area contributed by atoms with Gasteiger partial charge in [0.2, 0.25) is 0 Å². The molecule has 2 unspecified atom stereocenters. The standard InChI is InChI=1S/C23H32O2/c24-23(21-16-20(21)17-10-4-1-5-11-17)25-22(18-12-6-2-7-13-18)19-14-8-3-9-15-19/h1,4-5,10-11,18-22H,2-3,6-9,12-16H2. The van der Waals surface area contributed by atoms with Crippen molar-refractivity contribution in [3.8, 4) is 0 Å². The van der Waals surface area contributed by atoms with E-state index < -0.39 is 0 Å². The van der Waals surface area contributed by atoms with Gasteiger partial charge in [-0.1, -0.05) is 68.9 Å². The Morgan fingerprint density at radius 3 is 1.96 bits per heavy atom. The molecule has 3 aliphatic rings. The summed E-state index contributed by atoms with van der Waals surface area (Å²) in [6.07, 6.45) is 14.2. The van der Waals surface area contributed by atoms with Crippen molar-refractivity contribution in [3.05, 3.63) is 35.9 Å². The molecule has 4 rings (SSSR count). The molecule has 136 valence electrons. The van der Waals surface area contributed by atoms with E-state index in [1.165, 1.54) is 69.8 Å². The monoisotopic (exact) mass is 340 g/mol. The Hall–Kier alpha value is -1.31. The number of rotatable bonds is 5. The van der Waals surface area contributed by atoms with Gasteiger partial charge in [-0.3, -0.25) is 4.79 Å². The summed E-state index contributed by atoms with van der Waals surface area (Å²) in [6.45, 7) is 0. The van der Waals surface area contributed by atoms with E-state index in [1.807, 2.05) is 6.07 Å². The number of benzene rings is 1. The smallest absolute Gasteiger partial charge is 0.309 e. The summed E-state index contributed by atoms with van der Waals surface area (Å²) >= 11 is 0. The fourth-order valence-electron chi connectivity index (χ4n) is 5.25. The molecule has 0 spiro atoms. The summed E-state index contributed by atoms with van der Waals surface area (Å²) < 4.78 is 6.27. The molecule has 1 aromatic rings. The van der Waals surface area contributed by atoms with Crippen LogP contribution in [-0.4, -0.2) is 12.1 Å². The van der Waals surface area contributed by atoms with Crippen LogP contribution in [0, 0.1) is 17.8 Å². The normalized spacial score (nSPS) is 28.0. The molecule has 25 heavy (non-hydrogen) atoms. The fourth-order valence-corrected chi connectivity index (χ4v) is 5.25. The van der Waals surface area contributed by atoms with Crippen LogP contribution in [-0.2, 0) is 9.53 Å². The quantitative estimate of drug-likeness (QED) is 0.627. The topological polar surface area (TPSA) is 26.3 Å². The molecule has 3 saturated carbocycles. The number of carbonyl (C=O) groups excluding carboxylic acids is 1. The van der Waals surface area contributed by atoms with E-state index >= 15 is 0 Å². The third-order valence-electron chi connectivity index (χ3n) is 6.80. The van der Waals surface area contributed by atoms with Crippen molar-refractivity contribution in [2.24, 2.45) is 17.8 Å². The Labute approximate surface area is 152 Å². The molecule has 0 amide bonds. The largest absolute Gasteiger partial charge is 0.462 e. The van der Waals surface area contributed by atoms with Gasteiger partial charge in [0.15, 0.2) is 0 Å². The van der Waals surface area contributed by atoms with Crippen LogP contribution in [0.3, 0.4) is 0 Å². The van der Waals surface area contributed by atoms with E-state index in [0.717, 1.165) is 6.42 Å². The Kier molecular flexibility index (Phi) is 5.43. The van der Waals surface area contributed by atoms with Gasteiger partial charge in [-0.25, -0.2) is 0 Å². The molecule has 3 fully saturated rings. The minimum absolute atomic E-state index is 0.0926. The highest BCUT2D eigenvalue weighted by molar-refractivity contribution is 5.77. The molecular formula is C23H32O2. The highest BCUT2D eigenvalue weighted by atomic mass is 16.5. The molecular weight excluding hydrogens is 308 g/mol. The third kappa shape index (κ3) is 4.10.